The molecule has 51 heavy (non-hydrogen) atoms. The van der Waals surface area contributed by atoms with E-state index in [0.717, 1.165) is 109 Å². The van der Waals surface area contributed by atoms with E-state index in [1.54, 1.807) is 0 Å². The molecule has 0 spiro atoms. The van der Waals surface area contributed by atoms with Crippen molar-refractivity contribution in [1.82, 2.24) is 39.6 Å². The number of rotatable bonds is 15. The Balaban J connectivity index is 1.95. The molecule has 2 bridgehead atoms. The van der Waals surface area contributed by atoms with Crippen molar-refractivity contribution in [3.8, 4) is 0 Å². The molecule has 4 N–H and O–H groups in total. The van der Waals surface area contributed by atoms with E-state index < -0.39 is 5.62 Å². The molecular weight excluding hydrogens is 658 g/mol. The number of unbranched alkanes of at least 4 members (excludes halogenated alkanes) is 2. The first kappa shape index (κ1) is 43.0. The molecule has 3 atom stereocenters. The van der Waals surface area contributed by atoms with Crippen LogP contribution in [0.2, 0.25) is 0 Å². The number of likely N-dealkylation sites (tertiary alicyclic amines) is 2. The Hall–Kier alpha value is -0.760. The van der Waals surface area contributed by atoms with Crippen molar-refractivity contribution in [2.24, 2.45) is 16.5 Å². The van der Waals surface area contributed by atoms with Crippen molar-refractivity contribution in [3.63, 3.8) is 0 Å². The third-order valence-electron chi connectivity index (χ3n) is 13.1. The molecule has 3 unspecified atom stereocenters. The van der Waals surface area contributed by atoms with E-state index in [1.165, 1.54) is 0 Å². The molecule has 0 amide bonds. The summed E-state index contributed by atoms with van der Waals surface area (Å²) in [5, 5.41) is 10.2. The maximum Gasteiger partial charge on any atom is 0.217 e. The summed E-state index contributed by atoms with van der Waals surface area (Å²) in [7, 11) is 4.63. The maximum absolute atomic E-state index is 7.70. The zero-order chi connectivity index (χ0) is 37.9. The molecule has 11 nitrogen and oxygen atoms in total. The highest BCUT2D eigenvalue weighted by atomic mass is 35.5. The van der Waals surface area contributed by atoms with Gasteiger partial charge < -0.3 is 16.4 Å². The largest absolute Gasteiger partial charge is 0.338 e. The summed E-state index contributed by atoms with van der Waals surface area (Å²) in [6.45, 7) is 30.8. The Morgan fingerprint density at radius 3 is 1.63 bits per heavy atom. The first-order chi connectivity index (χ1) is 23.9. The summed E-state index contributed by atoms with van der Waals surface area (Å²) >= 11 is 7.70. The van der Waals surface area contributed by atoms with Crippen molar-refractivity contribution in [1.29, 1.82) is 0 Å². The summed E-state index contributed by atoms with van der Waals surface area (Å²) < 4.78 is 0. The Kier molecular flexibility index (Phi) is 14.6. The lowest BCUT2D eigenvalue weighted by Gasteiger charge is -2.61. The number of alkyl halides is 1. The number of fused-ring (bicyclic) bond motifs is 2. The predicted molar refractivity (Wildman–Crippen MR) is 216 cm³/mol. The van der Waals surface area contributed by atoms with Gasteiger partial charge in [0.25, 0.3) is 0 Å². The molecule has 4 aliphatic rings. The second kappa shape index (κ2) is 17.4. The van der Waals surface area contributed by atoms with Crippen LogP contribution in [0.3, 0.4) is 0 Å². The van der Waals surface area contributed by atoms with E-state index >= 15 is 0 Å². The number of nitrogens with two attached hydrogens (primary N) is 2. The van der Waals surface area contributed by atoms with E-state index in [9.17, 15) is 0 Å². The fourth-order valence-corrected chi connectivity index (χ4v) is 10.0. The Morgan fingerprint density at radius 1 is 0.686 bits per heavy atom. The second-order valence-corrected chi connectivity index (χ2v) is 19.0. The summed E-state index contributed by atoms with van der Waals surface area (Å²) in [6, 6.07) is 0.706. The van der Waals surface area contributed by atoms with Gasteiger partial charge in [-0.2, -0.15) is 5.01 Å². The summed E-state index contributed by atoms with van der Waals surface area (Å²) in [4.78, 5) is 16.3. The van der Waals surface area contributed by atoms with Crippen LogP contribution in [-0.2, 0) is 0 Å². The molecule has 0 radical (unpaired) electrons. The van der Waals surface area contributed by atoms with Gasteiger partial charge in [0.05, 0.1) is 0 Å². The van der Waals surface area contributed by atoms with Crippen molar-refractivity contribution in [2.45, 2.75) is 180 Å². The van der Waals surface area contributed by atoms with Crippen LogP contribution in [0, 0.1) is 0 Å². The number of hydrogen-bond acceptors (Lipinski definition) is 11. The van der Waals surface area contributed by atoms with Gasteiger partial charge in [0, 0.05) is 73.5 Å². The number of hydrazine groups is 2. The Morgan fingerprint density at radius 2 is 1.14 bits per heavy atom. The van der Waals surface area contributed by atoms with Gasteiger partial charge >= 0.3 is 0 Å². The quantitative estimate of drug-likeness (QED) is 0.168. The molecule has 0 aromatic heterocycles. The standard InChI is InChI=1S/C39H80ClN11/c1-13-15-23-48(31-27-36(3,4)44(11)37(5,6)28-31)34-43-33(40)50-35(51(34)47(22-18-20-42)26-25-46(50)21-17-19-41)49(24-16-14-2)32-29-38(7,8)45(12)39(9,10)30-32/h31-33,35H,13-30,41-42H2,1-12H3. The topological polar surface area (TPSA) is 90.3 Å². The van der Waals surface area contributed by atoms with Crippen LogP contribution in [0.1, 0.15) is 133 Å². The molecular formula is C39H80ClN11. The zero-order valence-electron chi connectivity index (χ0n) is 35.1. The minimum Gasteiger partial charge on any atom is -0.338 e. The van der Waals surface area contributed by atoms with Crippen LogP contribution in [0.25, 0.3) is 0 Å². The summed E-state index contributed by atoms with van der Waals surface area (Å²) in [6.07, 6.45) is 10.6. The molecule has 4 rings (SSSR count). The average molecular weight is 739 g/mol. The molecule has 0 aliphatic carbocycles. The molecule has 3 saturated heterocycles. The summed E-state index contributed by atoms with van der Waals surface area (Å²) in [5.41, 5.74) is 12.1. The monoisotopic (exact) mass is 738 g/mol. The van der Waals surface area contributed by atoms with E-state index in [-0.39, 0.29) is 28.4 Å². The molecule has 12 heteroatoms. The number of piperidine rings is 2. The van der Waals surface area contributed by atoms with Gasteiger partial charge in [0.15, 0.2) is 11.9 Å². The van der Waals surface area contributed by atoms with Crippen molar-refractivity contribution >= 4 is 17.6 Å². The molecule has 0 aromatic carbocycles. The molecule has 298 valence electrons. The number of guanidine groups is 1. The average Bonchev–Trinajstić information content (AvgIpc) is 3.16. The Labute approximate surface area is 318 Å². The van der Waals surface area contributed by atoms with Crippen LogP contribution >= 0.6 is 11.6 Å². The number of aliphatic imine (C=N–C) groups is 1. The number of hydrogen-bond donors (Lipinski definition) is 2. The smallest absolute Gasteiger partial charge is 0.217 e. The van der Waals surface area contributed by atoms with Crippen LogP contribution in [0.5, 0.6) is 0 Å². The van der Waals surface area contributed by atoms with Gasteiger partial charge in [0.2, 0.25) is 5.96 Å². The van der Waals surface area contributed by atoms with Gasteiger partial charge in [-0.15, -0.1) is 0 Å². The lowest BCUT2D eigenvalue weighted by molar-refractivity contribution is -0.214. The highest BCUT2D eigenvalue weighted by Gasteiger charge is 2.54. The zero-order valence-corrected chi connectivity index (χ0v) is 35.9. The lowest BCUT2D eigenvalue weighted by Crippen LogP contribution is -2.75. The van der Waals surface area contributed by atoms with Crippen molar-refractivity contribution in [2.75, 3.05) is 66.5 Å². The van der Waals surface area contributed by atoms with Crippen LogP contribution in [-0.4, -0.2) is 158 Å². The fraction of sp³-hybridized carbons (Fsp3) is 0.974. The van der Waals surface area contributed by atoms with Gasteiger partial charge in [-0.25, -0.2) is 20.0 Å². The van der Waals surface area contributed by atoms with Crippen LogP contribution in [0.4, 0.5) is 0 Å². The summed E-state index contributed by atoms with van der Waals surface area (Å²) in [5.74, 6) is 1.05. The normalized spacial score (nSPS) is 29.4. The van der Waals surface area contributed by atoms with E-state index in [2.05, 4.69) is 123 Å². The predicted octanol–water partition coefficient (Wildman–Crippen LogP) is 5.42. The van der Waals surface area contributed by atoms with Crippen molar-refractivity contribution in [3.05, 3.63) is 0 Å². The number of halogens is 1. The van der Waals surface area contributed by atoms with E-state index in [0.29, 0.717) is 25.2 Å². The number of nitrogens with zero attached hydrogens (tertiary/aromatic N) is 9. The van der Waals surface area contributed by atoms with E-state index in [1.807, 2.05) is 0 Å². The second-order valence-electron chi connectivity index (χ2n) is 18.6. The maximum atomic E-state index is 7.70. The molecule has 0 saturated carbocycles. The minimum atomic E-state index is -0.527. The third-order valence-corrected chi connectivity index (χ3v) is 13.4. The van der Waals surface area contributed by atoms with Gasteiger partial charge in [-0.05, 0) is 134 Å². The SMILES string of the molecule is CCCCN(C1=NC(Cl)N2C(N(CCCC)C3CC(C)(C)N(C)C(C)(C)C3)N1N(CCCN)CCN2CCCN)C1CC(C)(C)N(C)C(C)(C)C1. The molecule has 4 aliphatic heterocycles. The Bertz CT molecular complexity index is 1090. The third kappa shape index (κ3) is 9.38. The van der Waals surface area contributed by atoms with Crippen molar-refractivity contribution < 1.29 is 0 Å². The molecule has 0 aromatic rings. The van der Waals surface area contributed by atoms with Gasteiger partial charge in [-0.3, -0.25) is 14.7 Å². The first-order valence-electron chi connectivity index (χ1n) is 20.6. The van der Waals surface area contributed by atoms with E-state index in [4.69, 9.17) is 28.1 Å². The van der Waals surface area contributed by atoms with Gasteiger partial charge in [-0.1, -0.05) is 38.3 Å². The minimum absolute atomic E-state index is 0.0490. The molecule has 4 heterocycles. The van der Waals surface area contributed by atoms with Gasteiger partial charge in [0.1, 0.15) is 0 Å². The molecule has 3 fully saturated rings. The highest BCUT2D eigenvalue weighted by Crippen LogP contribution is 2.44. The first-order valence-corrected chi connectivity index (χ1v) is 21.0. The lowest BCUT2D eigenvalue weighted by atomic mass is 9.76. The van der Waals surface area contributed by atoms with Crippen LogP contribution in [0.15, 0.2) is 4.99 Å². The highest BCUT2D eigenvalue weighted by molar-refractivity contribution is 6.20. The fourth-order valence-electron chi connectivity index (χ4n) is 9.73. The van der Waals surface area contributed by atoms with Crippen LogP contribution < -0.4 is 11.5 Å².